The molecule has 10 atom stereocenters. The van der Waals surface area contributed by atoms with Crippen LogP contribution < -0.4 is 0 Å². The Morgan fingerprint density at radius 2 is 1.65 bits per heavy atom. The van der Waals surface area contributed by atoms with Crippen molar-refractivity contribution in [1.29, 1.82) is 0 Å². The van der Waals surface area contributed by atoms with Gasteiger partial charge in [-0.15, -0.1) is 0 Å². The summed E-state index contributed by atoms with van der Waals surface area (Å²) < 4.78 is 11.3. The van der Waals surface area contributed by atoms with E-state index in [-0.39, 0.29) is 23.1 Å². The van der Waals surface area contributed by atoms with Gasteiger partial charge >= 0.3 is 11.9 Å². The topological polar surface area (TPSA) is 194 Å². The van der Waals surface area contributed by atoms with Crippen LogP contribution >= 0.6 is 0 Å². The van der Waals surface area contributed by atoms with Crippen LogP contribution in [0, 0.1) is 16.7 Å². The summed E-state index contributed by atoms with van der Waals surface area (Å²) in [5.74, 6) is -3.30. The number of aliphatic hydroxyl groups is 7. The largest absolute Gasteiger partial charge is 0.463 e. The molecule has 0 unspecified atom stereocenters. The molecule has 7 N–H and O–H groups in total. The molecule has 0 amide bonds. The predicted molar refractivity (Wildman–Crippen MR) is 140 cm³/mol. The maximum atomic E-state index is 13.6. The van der Waals surface area contributed by atoms with Crippen LogP contribution in [0.4, 0.5) is 0 Å². The van der Waals surface area contributed by atoms with Crippen molar-refractivity contribution in [3.05, 3.63) is 47.0 Å². The second kappa shape index (κ2) is 10.2. The Hall–Kier alpha value is -2.38. The summed E-state index contributed by atoms with van der Waals surface area (Å²) in [4.78, 5) is 25.5. The van der Waals surface area contributed by atoms with E-state index in [9.17, 15) is 45.3 Å². The molecule has 1 aromatic carbocycles. The fourth-order valence-electron chi connectivity index (χ4n) is 7.50. The highest BCUT2D eigenvalue weighted by atomic mass is 16.6. The molecule has 0 heterocycles. The summed E-state index contributed by atoms with van der Waals surface area (Å²) in [5.41, 5.74) is -7.66. The highest BCUT2D eigenvalue weighted by Gasteiger charge is 2.75. The number of carbonyl (C=O) groups is 2. The zero-order valence-electron chi connectivity index (χ0n) is 23.3. The first-order chi connectivity index (χ1) is 18.4. The predicted octanol–water partition coefficient (Wildman–Crippen LogP) is -0.172. The molecular weight excluding hydrogens is 524 g/mol. The molecule has 222 valence electrons. The molecule has 0 spiro atoms. The highest BCUT2D eigenvalue weighted by Crippen LogP contribution is 2.65. The minimum Gasteiger partial charge on any atom is -0.463 e. The molecule has 11 heteroatoms. The van der Waals surface area contributed by atoms with Crippen LogP contribution in [0.15, 0.2) is 41.5 Å². The third-order valence-corrected chi connectivity index (χ3v) is 9.73. The summed E-state index contributed by atoms with van der Waals surface area (Å²) in [5, 5.41) is 81.0. The van der Waals surface area contributed by atoms with E-state index in [0.717, 1.165) is 6.92 Å². The van der Waals surface area contributed by atoms with Gasteiger partial charge in [-0.3, -0.25) is 4.79 Å². The number of hydrogen-bond donors (Lipinski definition) is 7. The van der Waals surface area contributed by atoms with Gasteiger partial charge in [-0.1, -0.05) is 25.1 Å². The number of aliphatic hydroxyl groups excluding tert-OH is 5. The molecule has 3 aliphatic rings. The first-order valence-corrected chi connectivity index (χ1v) is 13.4. The van der Waals surface area contributed by atoms with Gasteiger partial charge in [0.25, 0.3) is 0 Å². The Morgan fingerprint density at radius 1 is 1.05 bits per heavy atom. The Labute approximate surface area is 232 Å². The van der Waals surface area contributed by atoms with Crippen LogP contribution in [-0.2, 0) is 14.3 Å². The molecule has 0 aliphatic heterocycles. The van der Waals surface area contributed by atoms with Crippen molar-refractivity contribution in [1.82, 2.24) is 0 Å². The molecule has 2 fully saturated rings. The lowest BCUT2D eigenvalue weighted by Gasteiger charge is -2.59. The van der Waals surface area contributed by atoms with Gasteiger partial charge in [0, 0.05) is 24.7 Å². The highest BCUT2D eigenvalue weighted by molar-refractivity contribution is 5.89. The van der Waals surface area contributed by atoms with Crippen LogP contribution in [0.25, 0.3) is 0 Å². The number of ether oxygens (including phenoxy) is 2. The van der Waals surface area contributed by atoms with Crippen LogP contribution in [0.5, 0.6) is 0 Å². The number of fused-ring (bicyclic) bond motifs is 2. The molecule has 0 aromatic heterocycles. The lowest BCUT2D eigenvalue weighted by atomic mass is 9.51. The number of esters is 2. The van der Waals surface area contributed by atoms with E-state index in [2.05, 4.69) is 0 Å². The maximum absolute atomic E-state index is 13.6. The Morgan fingerprint density at radius 3 is 2.20 bits per heavy atom. The zero-order valence-corrected chi connectivity index (χ0v) is 23.3. The van der Waals surface area contributed by atoms with Gasteiger partial charge in [0.05, 0.1) is 41.0 Å². The monoisotopic (exact) mass is 564 g/mol. The zero-order chi connectivity index (χ0) is 30.0. The van der Waals surface area contributed by atoms with Crippen molar-refractivity contribution in [2.75, 3.05) is 6.61 Å². The van der Waals surface area contributed by atoms with E-state index in [4.69, 9.17) is 9.47 Å². The van der Waals surface area contributed by atoms with Crippen LogP contribution in [0.3, 0.4) is 0 Å². The van der Waals surface area contributed by atoms with Crippen molar-refractivity contribution in [3.63, 3.8) is 0 Å². The minimum absolute atomic E-state index is 0.0120. The van der Waals surface area contributed by atoms with Crippen molar-refractivity contribution < 1.29 is 54.8 Å². The van der Waals surface area contributed by atoms with E-state index in [1.54, 1.807) is 18.2 Å². The number of rotatable bonds is 5. The van der Waals surface area contributed by atoms with Gasteiger partial charge in [-0.05, 0) is 50.5 Å². The molecule has 1 aromatic rings. The lowest BCUT2D eigenvalue weighted by Crippen LogP contribution is -2.73. The third kappa shape index (κ3) is 4.30. The minimum atomic E-state index is -2.43. The second-order valence-corrected chi connectivity index (χ2v) is 12.3. The third-order valence-electron chi connectivity index (χ3n) is 9.73. The van der Waals surface area contributed by atoms with Gasteiger partial charge in [0.1, 0.15) is 24.4 Å². The van der Waals surface area contributed by atoms with Crippen molar-refractivity contribution in [2.45, 2.75) is 95.3 Å². The average molecular weight is 565 g/mol. The molecule has 2 saturated carbocycles. The first kappa shape index (κ1) is 30.6. The summed E-state index contributed by atoms with van der Waals surface area (Å²) in [6, 6.07) is 7.87. The van der Waals surface area contributed by atoms with E-state index in [1.165, 1.54) is 39.8 Å². The molecule has 4 rings (SSSR count). The summed E-state index contributed by atoms with van der Waals surface area (Å²) >= 11 is 0. The molecule has 40 heavy (non-hydrogen) atoms. The molecule has 0 saturated heterocycles. The van der Waals surface area contributed by atoms with Crippen molar-refractivity contribution in [3.8, 4) is 0 Å². The number of carbonyl (C=O) groups excluding carboxylic acids is 2. The van der Waals surface area contributed by atoms with Crippen LogP contribution in [0.2, 0.25) is 0 Å². The molecular formula is C29H40O11. The van der Waals surface area contributed by atoms with Gasteiger partial charge in [-0.2, -0.15) is 0 Å². The maximum Gasteiger partial charge on any atom is 0.338 e. The summed E-state index contributed by atoms with van der Waals surface area (Å²) in [6.45, 7) is 5.99. The van der Waals surface area contributed by atoms with Crippen molar-refractivity contribution in [2.24, 2.45) is 16.7 Å². The summed E-state index contributed by atoms with van der Waals surface area (Å²) in [7, 11) is 0. The Balaban J connectivity index is 2.08. The summed E-state index contributed by atoms with van der Waals surface area (Å²) in [6.07, 6.45) is -10.5. The van der Waals surface area contributed by atoms with E-state index >= 15 is 0 Å². The fourth-order valence-corrected chi connectivity index (χ4v) is 7.50. The molecule has 3 aliphatic carbocycles. The number of hydrogen-bond acceptors (Lipinski definition) is 11. The van der Waals surface area contributed by atoms with Crippen LogP contribution in [0.1, 0.15) is 57.8 Å². The molecule has 0 radical (unpaired) electrons. The normalized spacial score (nSPS) is 41.5. The van der Waals surface area contributed by atoms with Gasteiger partial charge in [0.2, 0.25) is 0 Å². The van der Waals surface area contributed by atoms with E-state index in [1.807, 2.05) is 0 Å². The van der Waals surface area contributed by atoms with E-state index in [0.29, 0.717) is 0 Å². The lowest BCUT2D eigenvalue weighted by molar-refractivity contribution is -0.286. The second-order valence-electron chi connectivity index (χ2n) is 12.3. The standard InChI is InChI=1S/C29H40O11/c1-14-17(31)12-28(26(3,4)37)20(14)21(34)23(35)27(5)18(32)11-19(33)29(38,13-39-15(2)30)22(27)24(28)40-25(36)16-9-7-6-8-10-16/h6-10,17-19,21-24,31-35,37-38H,11-13H2,1-5H3/t17-,18-,19-,21+,22-,23-,24-,27+,28-,29-/m0/s1. The Bertz CT molecular complexity index is 1180. The number of benzene rings is 1. The van der Waals surface area contributed by atoms with Gasteiger partial charge < -0.3 is 45.2 Å². The SMILES string of the molecule is CC(=O)OC[C@@]1(O)[C@H]2[C@H](OC(=O)c3ccccc3)[C@]3(C(C)(C)O)C[C@H](O)C(C)=C3[C@@H](O)[C@H](O)[C@]2(C)[C@@H](O)C[C@@H]1O. The van der Waals surface area contributed by atoms with Gasteiger partial charge in [0.15, 0.2) is 0 Å². The Kier molecular flexibility index (Phi) is 7.77. The van der Waals surface area contributed by atoms with Gasteiger partial charge in [-0.25, -0.2) is 4.79 Å². The van der Waals surface area contributed by atoms with E-state index < -0.39 is 89.5 Å². The van der Waals surface area contributed by atoms with Crippen molar-refractivity contribution >= 4 is 11.9 Å². The van der Waals surface area contributed by atoms with Crippen LogP contribution in [-0.4, -0.2) is 102 Å². The average Bonchev–Trinajstić information content (AvgIpc) is 3.13. The quantitative estimate of drug-likeness (QED) is 0.185. The smallest absolute Gasteiger partial charge is 0.338 e. The molecule has 0 bridgehead atoms. The molecule has 11 nitrogen and oxygen atoms in total. The fraction of sp³-hybridized carbons (Fsp3) is 0.655. The first-order valence-electron chi connectivity index (χ1n) is 13.4.